The number of amides is 2. The third-order valence-electron chi connectivity index (χ3n) is 4.05. The molecule has 1 rings (SSSR count). The summed E-state index contributed by atoms with van der Waals surface area (Å²) in [7, 11) is -3.65. The van der Waals surface area contributed by atoms with E-state index in [0.717, 1.165) is 0 Å². The third-order valence-corrected chi connectivity index (χ3v) is 6.34. The van der Waals surface area contributed by atoms with E-state index in [0.29, 0.717) is 25.7 Å². The zero-order valence-corrected chi connectivity index (χ0v) is 16.1. The van der Waals surface area contributed by atoms with Crippen LogP contribution in [0.2, 0.25) is 0 Å². The van der Waals surface area contributed by atoms with Crippen molar-refractivity contribution in [2.75, 3.05) is 5.75 Å². The number of sulfone groups is 1. The van der Waals surface area contributed by atoms with Crippen LogP contribution >= 0.6 is 12.4 Å². The lowest BCUT2D eigenvalue weighted by molar-refractivity contribution is -0.141. The lowest BCUT2D eigenvalue weighted by Gasteiger charge is -2.21. The summed E-state index contributed by atoms with van der Waals surface area (Å²) in [4.78, 5) is 34.5. The van der Waals surface area contributed by atoms with Crippen molar-refractivity contribution in [3.63, 3.8) is 0 Å². The zero-order chi connectivity index (χ0) is 18.3. The summed E-state index contributed by atoms with van der Waals surface area (Å²) in [5.74, 6) is -2.98. The van der Waals surface area contributed by atoms with E-state index < -0.39 is 44.8 Å². The molecule has 0 bridgehead atoms. The summed E-state index contributed by atoms with van der Waals surface area (Å²) < 4.78 is 25.0. The fourth-order valence-corrected chi connectivity index (χ4v) is 4.93. The Balaban J connectivity index is 0.00000576. The molecule has 10 heteroatoms. The molecule has 0 unspecified atom stereocenters. The van der Waals surface area contributed by atoms with E-state index in [2.05, 4.69) is 10.6 Å². The Bertz CT molecular complexity index is 575. The SMILES string of the molecule is CCCC(CCC)S(=O)(=O)C[C@H](NC(=O)[C@@H]1CCC(=O)N1)C(=O)O.Cl. The van der Waals surface area contributed by atoms with Crippen molar-refractivity contribution in [1.82, 2.24) is 10.6 Å². The Morgan fingerprint density at radius 1 is 1.28 bits per heavy atom. The van der Waals surface area contributed by atoms with Crippen molar-refractivity contribution in [2.24, 2.45) is 0 Å². The molecule has 2 atom stereocenters. The van der Waals surface area contributed by atoms with Crippen LogP contribution in [-0.2, 0) is 24.2 Å². The predicted octanol–water partition coefficient (Wildman–Crippen LogP) is 0.640. The highest BCUT2D eigenvalue weighted by molar-refractivity contribution is 7.92. The Morgan fingerprint density at radius 2 is 1.84 bits per heavy atom. The predicted molar refractivity (Wildman–Crippen MR) is 95.4 cm³/mol. The second kappa shape index (κ2) is 10.6. The molecule has 0 saturated carbocycles. The van der Waals surface area contributed by atoms with Crippen molar-refractivity contribution in [2.45, 2.75) is 69.7 Å². The first-order valence-electron chi connectivity index (χ1n) is 8.25. The molecule has 0 aromatic carbocycles. The van der Waals surface area contributed by atoms with Gasteiger partial charge in [-0.05, 0) is 19.3 Å². The number of carboxylic acid groups (broad SMARTS) is 1. The van der Waals surface area contributed by atoms with Gasteiger partial charge in [-0.2, -0.15) is 0 Å². The van der Waals surface area contributed by atoms with Crippen molar-refractivity contribution < 1.29 is 27.9 Å². The minimum absolute atomic E-state index is 0. The molecule has 0 aromatic rings. The molecule has 25 heavy (non-hydrogen) atoms. The molecule has 1 fully saturated rings. The van der Waals surface area contributed by atoms with Crippen LogP contribution in [0.15, 0.2) is 0 Å². The minimum Gasteiger partial charge on any atom is -0.480 e. The molecule has 1 aliphatic rings. The average molecular weight is 399 g/mol. The van der Waals surface area contributed by atoms with Crippen LogP contribution in [0.5, 0.6) is 0 Å². The Morgan fingerprint density at radius 3 is 2.24 bits per heavy atom. The first kappa shape index (κ1) is 23.6. The van der Waals surface area contributed by atoms with Gasteiger partial charge in [0.1, 0.15) is 12.1 Å². The maximum Gasteiger partial charge on any atom is 0.327 e. The van der Waals surface area contributed by atoms with Gasteiger partial charge in [0.2, 0.25) is 11.8 Å². The molecule has 1 aliphatic heterocycles. The van der Waals surface area contributed by atoms with Gasteiger partial charge >= 0.3 is 5.97 Å². The molecule has 0 aliphatic carbocycles. The highest BCUT2D eigenvalue weighted by atomic mass is 35.5. The molecule has 0 radical (unpaired) electrons. The Kier molecular flexibility index (Phi) is 10.0. The molecular formula is C15H27ClN2O6S. The van der Waals surface area contributed by atoms with Gasteiger partial charge in [-0.1, -0.05) is 26.7 Å². The van der Waals surface area contributed by atoms with Crippen molar-refractivity contribution >= 4 is 40.0 Å². The first-order valence-corrected chi connectivity index (χ1v) is 9.96. The normalized spacial score (nSPS) is 18.4. The fourth-order valence-electron chi connectivity index (χ4n) is 2.77. The number of carbonyl (C=O) groups is 3. The van der Waals surface area contributed by atoms with E-state index in [1.807, 2.05) is 13.8 Å². The molecule has 1 heterocycles. The molecule has 146 valence electrons. The highest BCUT2D eigenvalue weighted by Gasteiger charge is 2.34. The Hall–Kier alpha value is -1.35. The fraction of sp³-hybridized carbons (Fsp3) is 0.800. The molecule has 8 nitrogen and oxygen atoms in total. The molecule has 2 amide bonds. The smallest absolute Gasteiger partial charge is 0.327 e. The first-order chi connectivity index (χ1) is 11.2. The van der Waals surface area contributed by atoms with Crippen LogP contribution in [0, 0.1) is 0 Å². The van der Waals surface area contributed by atoms with E-state index in [1.165, 1.54) is 0 Å². The van der Waals surface area contributed by atoms with E-state index in [-0.39, 0.29) is 31.2 Å². The van der Waals surface area contributed by atoms with Crippen molar-refractivity contribution in [3.05, 3.63) is 0 Å². The third kappa shape index (κ3) is 7.19. The number of rotatable bonds is 10. The van der Waals surface area contributed by atoms with Gasteiger partial charge < -0.3 is 15.7 Å². The lowest BCUT2D eigenvalue weighted by Crippen LogP contribution is -2.52. The molecule has 3 N–H and O–H groups in total. The number of hydrogen-bond acceptors (Lipinski definition) is 5. The standard InChI is InChI=1S/C15H26N2O6S.ClH/c1-3-5-10(6-4-2)24(22,23)9-12(15(20)21)17-14(19)11-7-8-13(18)16-11;/h10-12H,3-9H2,1-2H3,(H,16,18)(H,17,19)(H,20,21);1H/t11-,12-;/m0./s1. The van der Waals surface area contributed by atoms with Crippen LogP contribution in [0.1, 0.15) is 52.4 Å². The van der Waals surface area contributed by atoms with E-state index in [1.54, 1.807) is 0 Å². The van der Waals surface area contributed by atoms with Crippen LogP contribution in [0.4, 0.5) is 0 Å². The van der Waals surface area contributed by atoms with E-state index in [4.69, 9.17) is 0 Å². The quantitative estimate of drug-likeness (QED) is 0.495. The van der Waals surface area contributed by atoms with Gasteiger partial charge in [0.15, 0.2) is 9.84 Å². The van der Waals surface area contributed by atoms with Gasteiger partial charge in [-0.3, -0.25) is 9.59 Å². The Labute approximate surface area is 154 Å². The number of halogens is 1. The average Bonchev–Trinajstić information content (AvgIpc) is 2.92. The van der Waals surface area contributed by atoms with Crippen LogP contribution in [0.25, 0.3) is 0 Å². The number of nitrogens with one attached hydrogen (secondary N) is 2. The summed E-state index contributed by atoms with van der Waals surface area (Å²) >= 11 is 0. The summed E-state index contributed by atoms with van der Waals surface area (Å²) in [6, 6.07) is -2.32. The number of carbonyl (C=O) groups excluding carboxylic acids is 2. The van der Waals surface area contributed by atoms with Gasteiger partial charge in [0.05, 0.1) is 11.0 Å². The van der Waals surface area contributed by atoms with Crippen LogP contribution < -0.4 is 10.6 Å². The lowest BCUT2D eigenvalue weighted by atomic mass is 10.2. The maximum atomic E-state index is 12.5. The summed E-state index contributed by atoms with van der Waals surface area (Å²) in [6.45, 7) is 3.74. The van der Waals surface area contributed by atoms with Crippen LogP contribution in [-0.4, -0.2) is 54.4 Å². The second-order valence-electron chi connectivity index (χ2n) is 6.09. The summed E-state index contributed by atoms with van der Waals surface area (Å²) in [5, 5.41) is 13.3. The van der Waals surface area contributed by atoms with Crippen molar-refractivity contribution in [3.8, 4) is 0 Å². The molecule has 0 spiro atoms. The monoisotopic (exact) mass is 398 g/mol. The highest BCUT2D eigenvalue weighted by Crippen LogP contribution is 2.17. The second-order valence-corrected chi connectivity index (χ2v) is 8.41. The van der Waals surface area contributed by atoms with E-state index in [9.17, 15) is 27.9 Å². The van der Waals surface area contributed by atoms with E-state index >= 15 is 0 Å². The number of aliphatic carboxylic acids is 1. The topological polar surface area (TPSA) is 130 Å². The number of hydrogen-bond donors (Lipinski definition) is 3. The molecule has 1 saturated heterocycles. The van der Waals surface area contributed by atoms with Gasteiger partial charge in [0, 0.05) is 6.42 Å². The van der Waals surface area contributed by atoms with Crippen LogP contribution in [0.3, 0.4) is 0 Å². The van der Waals surface area contributed by atoms with Crippen molar-refractivity contribution in [1.29, 1.82) is 0 Å². The minimum atomic E-state index is -3.65. The van der Waals surface area contributed by atoms with Gasteiger partial charge in [0.25, 0.3) is 0 Å². The van der Waals surface area contributed by atoms with Gasteiger partial charge in [-0.25, -0.2) is 13.2 Å². The zero-order valence-electron chi connectivity index (χ0n) is 14.5. The van der Waals surface area contributed by atoms with Gasteiger partial charge in [-0.15, -0.1) is 12.4 Å². The summed E-state index contributed by atoms with van der Waals surface area (Å²) in [5.41, 5.74) is 0. The number of carboxylic acids is 1. The largest absolute Gasteiger partial charge is 0.480 e. The maximum absolute atomic E-state index is 12.5. The molecular weight excluding hydrogens is 372 g/mol. The summed E-state index contributed by atoms with van der Waals surface area (Å²) in [6.07, 6.45) is 2.77. The molecule has 0 aromatic heterocycles.